The molecule has 0 aliphatic heterocycles. The van der Waals surface area contributed by atoms with Crippen molar-refractivity contribution in [2.24, 2.45) is 0 Å². The second-order valence-corrected chi connectivity index (χ2v) is 6.22. The number of benzene rings is 1. The van der Waals surface area contributed by atoms with Gasteiger partial charge in [-0.25, -0.2) is 17.9 Å². The van der Waals surface area contributed by atoms with Crippen molar-refractivity contribution in [2.45, 2.75) is 25.2 Å². The third kappa shape index (κ3) is 5.45. The van der Waals surface area contributed by atoms with E-state index in [1.807, 2.05) is 6.92 Å². The second-order valence-electron chi connectivity index (χ2n) is 4.45. The van der Waals surface area contributed by atoms with Crippen LogP contribution in [0.5, 0.6) is 0 Å². The van der Waals surface area contributed by atoms with Gasteiger partial charge < -0.3 is 10.1 Å². The van der Waals surface area contributed by atoms with Gasteiger partial charge in [-0.1, -0.05) is 13.8 Å². The molecule has 0 spiro atoms. The Morgan fingerprint density at radius 3 is 2.32 bits per heavy atom. The van der Waals surface area contributed by atoms with Crippen molar-refractivity contribution in [1.82, 2.24) is 10.0 Å². The molecule has 0 saturated heterocycles. The molecule has 0 heterocycles. The summed E-state index contributed by atoms with van der Waals surface area (Å²) in [5, 5.41) is 2.58. The molecule has 1 aromatic rings. The Morgan fingerprint density at radius 1 is 1.14 bits per heavy atom. The van der Waals surface area contributed by atoms with E-state index in [1.165, 1.54) is 24.3 Å². The number of nitrogens with one attached hydrogen (secondary N) is 2. The van der Waals surface area contributed by atoms with Crippen molar-refractivity contribution < 1.29 is 22.7 Å². The van der Waals surface area contributed by atoms with Crippen LogP contribution in [0.15, 0.2) is 29.2 Å². The lowest BCUT2D eigenvalue weighted by molar-refractivity contribution is -0.124. The fourth-order valence-electron chi connectivity index (χ4n) is 1.57. The summed E-state index contributed by atoms with van der Waals surface area (Å²) in [7, 11) is -3.56. The van der Waals surface area contributed by atoms with Gasteiger partial charge >= 0.3 is 5.97 Å². The van der Waals surface area contributed by atoms with Crippen molar-refractivity contribution in [1.29, 1.82) is 0 Å². The maximum Gasteiger partial charge on any atom is 0.338 e. The Labute approximate surface area is 130 Å². The first-order valence-electron chi connectivity index (χ1n) is 6.94. The predicted octanol–water partition coefficient (Wildman–Crippen LogP) is 0.668. The molecule has 0 aromatic heterocycles. The molecule has 8 heteroatoms. The Balaban J connectivity index is 2.63. The molecule has 0 saturated carbocycles. The number of hydrogen-bond acceptors (Lipinski definition) is 5. The van der Waals surface area contributed by atoms with E-state index in [0.29, 0.717) is 6.54 Å². The van der Waals surface area contributed by atoms with Crippen LogP contribution < -0.4 is 10.0 Å². The molecule has 2 N–H and O–H groups in total. The second kappa shape index (κ2) is 8.50. The highest BCUT2D eigenvalue weighted by Gasteiger charge is 2.14. The van der Waals surface area contributed by atoms with E-state index in [-0.39, 0.29) is 29.5 Å². The molecular weight excluding hydrogens is 308 g/mol. The largest absolute Gasteiger partial charge is 0.452 e. The maximum atomic E-state index is 11.7. The van der Waals surface area contributed by atoms with Crippen molar-refractivity contribution in [3.63, 3.8) is 0 Å². The van der Waals surface area contributed by atoms with Crippen LogP contribution in [-0.2, 0) is 19.6 Å². The first-order valence-corrected chi connectivity index (χ1v) is 8.42. The molecule has 0 radical (unpaired) electrons. The zero-order valence-corrected chi connectivity index (χ0v) is 13.4. The summed E-state index contributed by atoms with van der Waals surface area (Å²) < 4.78 is 30.7. The van der Waals surface area contributed by atoms with E-state index in [1.54, 1.807) is 6.92 Å². The minimum absolute atomic E-state index is 0.0617. The summed E-state index contributed by atoms with van der Waals surface area (Å²) in [6.07, 6.45) is 0.793. The topological polar surface area (TPSA) is 102 Å². The minimum Gasteiger partial charge on any atom is -0.452 e. The minimum atomic E-state index is -3.56. The van der Waals surface area contributed by atoms with Crippen LogP contribution in [0.25, 0.3) is 0 Å². The van der Waals surface area contributed by atoms with Gasteiger partial charge in [0.2, 0.25) is 10.0 Å². The lowest BCUT2D eigenvalue weighted by atomic mass is 10.2. The van der Waals surface area contributed by atoms with Crippen LogP contribution in [0, 0.1) is 0 Å². The molecule has 22 heavy (non-hydrogen) atoms. The Hall–Kier alpha value is -1.93. The quantitative estimate of drug-likeness (QED) is 0.683. The van der Waals surface area contributed by atoms with Gasteiger partial charge in [-0.15, -0.1) is 0 Å². The number of rotatable bonds is 8. The van der Waals surface area contributed by atoms with Gasteiger partial charge in [-0.2, -0.15) is 0 Å². The first kappa shape index (κ1) is 18.1. The van der Waals surface area contributed by atoms with Crippen molar-refractivity contribution >= 4 is 21.9 Å². The molecular formula is C14H20N2O5S. The van der Waals surface area contributed by atoms with Gasteiger partial charge in [0.25, 0.3) is 5.91 Å². The molecule has 0 aliphatic carbocycles. The highest BCUT2D eigenvalue weighted by atomic mass is 32.2. The lowest BCUT2D eigenvalue weighted by Crippen LogP contribution is -2.29. The summed E-state index contributed by atoms with van der Waals surface area (Å²) in [4.78, 5) is 23.1. The number of carbonyl (C=O) groups is 2. The van der Waals surface area contributed by atoms with Gasteiger partial charge in [-0.05, 0) is 30.7 Å². The summed E-state index contributed by atoms with van der Waals surface area (Å²) >= 11 is 0. The Bertz CT molecular complexity index is 611. The zero-order chi connectivity index (χ0) is 16.6. The zero-order valence-electron chi connectivity index (χ0n) is 12.6. The van der Waals surface area contributed by atoms with Crippen LogP contribution in [0.4, 0.5) is 0 Å². The summed E-state index contributed by atoms with van der Waals surface area (Å²) in [5.74, 6) is -1.06. The SMILES string of the molecule is CCCNC(=O)COC(=O)c1ccc(S(=O)(=O)NCC)cc1. The normalized spacial score (nSPS) is 11.0. The van der Waals surface area contributed by atoms with Crippen LogP contribution in [0.3, 0.4) is 0 Å². The average molecular weight is 328 g/mol. The predicted molar refractivity (Wildman–Crippen MR) is 80.9 cm³/mol. The highest BCUT2D eigenvalue weighted by molar-refractivity contribution is 7.89. The molecule has 1 amide bonds. The maximum absolute atomic E-state index is 11.7. The molecule has 1 aromatic carbocycles. The van der Waals surface area contributed by atoms with Crippen LogP contribution in [0.1, 0.15) is 30.6 Å². The van der Waals surface area contributed by atoms with Crippen LogP contribution in [0.2, 0.25) is 0 Å². The van der Waals surface area contributed by atoms with Gasteiger partial charge in [-0.3, -0.25) is 4.79 Å². The van der Waals surface area contributed by atoms with E-state index in [4.69, 9.17) is 4.74 Å². The van der Waals surface area contributed by atoms with Crippen molar-refractivity contribution in [2.75, 3.05) is 19.7 Å². The van der Waals surface area contributed by atoms with Gasteiger partial charge in [0, 0.05) is 13.1 Å². The molecule has 1 rings (SSSR count). The first-order chi connectivity index (χ1) is 10.4. The highest BCUT2D eigenvalue weighted by Crippen LogP contribution is 2.11. The molecule has 7 nitrogen and oxygen atoms in total. The number of carbonyl (C=O) groups excluding carboxylic acids is 2. The van der Waals surface area contributed by atoms with Gasteiger partial charge in [0.15, 0.2) is 6.61 Å². The summed E-state index contributed by atoms with van der Waals surface area (Å²) in [6, 6.07) is 5.31. The number of esters is 1. The molecule has 0 aliphatic rings. The fraction of sp³-hybridized carbons (Fsp3) is 0.429. The summed E-state index contributed by atoms with van der Waals surface area (Å²) in [5.41, 5.74) is 0.179. The lowest BCUT2D eigenvalue weighted by Gasteiger charge is -2.07. The Morgan fingerprint density at radius 2 is 1.77 bits per heavy atom. The van der Waals surface area contributed by atoms with Crippen LogP contribution in [-0.4, -0.2) is 40.0 Å². The van der Waals surface area contributed by atoms with E-state index >= 15 is 0 Å². The fourth-order valence-corrected chi connectivity index (χ4v) is 2.61. The van der Waals surface area contributed by atoms with Crippen molar-refractivity contribution in [3.05, 3.63) is 29.8 Å². The van der Waals surface area contributed by atoms with Crippen LogP contribution >= 0.6 is 0 Å². The summed E-state index contributed by atoms with van der Waals surface area (Å²) in [6.45, 7) is 4.02. The third-order valence-electron chi connectivity index (χ3n) is 2.64. The molecule has 0 bridgehead atoms. The third-order valence-corrected chi connectivity index (χ3v) is 4.20. The molecule has 0 unspecified atom stereocenters. The Kier molecular flexibility index (Phi) is 7.00. The van der Waals surface area contributed by atoms with E-state index in [9.17, 15) is 18.0 Å². The van der Waals surface area contributed by atoms with Crippen molar-refractivity contribution in [3.8, 4) is 0 Å². The molecule has 0 atom stereocenters. The van der Waals surface area contributed by atoms with E-state index < -0.39 is 16.0 Å². The smallest absolute Gasteiger partial charge is 0.338 e. The average Bonchev–Trinajstić information content (AvgIpc) is 2.50. The molecule has 122 valence electrons. The van der Waals surface area contributed by atoms with Gasteiger partial charge in [0.05, 0.1) is 10.5 Å². The number of amides is 1. The van der Waals surface area contributed by atoms with E-state index in [2.05, 4.69) is 10.0 Å². The standard InChI is InChI=1S/C14H20N2O5S/c1-3-9-15-13(17)10-21-14(18)11-5-7-12(8-6-11)22(19,20)16-4-2/h5-8,16H,3-4,9-10H2,1-2H3,(H,15,17). The van der Waals surface area contributed by atoms with E-state index in [0.717, 1.165) is 6.42 Å². The number of ether oxygens (including phenoxy) is 1. The molecule has 0 fully saturated rings. The monoisotopic (exact) mass is 328 g/mol. The van der Waals surface area contributed by atoms with Gasteiger partial charge in [0.1, 0.15) is 0 Å². The number of sulfonamides is 1. The number of hydrogen-bond donors (Lipinski definition) is 2.